The zero-order valence-electron chi connectivity index (χ0n) is 14.9. The number of nitrogens with zero attached hydrogens (tertiary/aromatic N) is 1. The van der Waals surface area contributed by atoms with Crippen LogP contribution in [0.5, 0.6) is 0 Å². The van der Waals surface area contributed by atoms with Crippen molar-refractivity contribution in [2.24, 2.45) is 11.3 Å². The Morgan fingerprint density at radius 2 is 2.11 bits per heavy atom. The number of thiophene rings is 1. The third-order valence-corrected chi connectivity index (χ3v) is 6.40. The third-order valence-electron chi connectivity index (χ3n) is 5.53. The first-order valence-electron chi connectivity index (χ1n) is 9.13. The normalized spacial score (nSPS) is 23.4. The molecule has 3 amide bonds. The minimum Gasteiger partial charge on any atom is -0.351 e. The number of likely N-dealkylation sites (tertiary alicyclic amines) is 1. The number of nitrogens with one attached hydrogen (secondary N) is 2. The Morgan fingerprint density at radius 1 is 1.22 bits per heavy atom. The molecular weight excluding hydrogens is 365 g/mol. The van der Waals surface area contributed by atoms with Gasteiger partial charge < -0.3 is 15.5 Å². The van der Waals surface area contributed by atoms with Crippen molar-refractivity contribution >= 4 is 23.3 Å². The summed E-state index contributed by atoms with van der Waals surface area (Å²) in [6.07, 6.45) is 1.70. The van der Waals surface area contributed by atoms with Gasteiger partial charge in [0, 0.05) is 35.8 Å². The van der Waals surface area contributed by atoms with E-state index in [1.54, 1.807) is 28.4 Å². The number of carbonyl (C=O) groups is 2. The summed E-state index contributed by atoms with van der Waals surface area (Å²) in [5.74, 6) is -0.222. The molecule has 0 bridgehead atoms. The monoisotopic (exact) mass is 387 g/mol. The summed E-state index contributed by atoms with van der Waals surface area (Å²) in [6, 6.07) is 10.0. The van der Waals surface area contributed by atoms with Crippen molar-refractivity contribution in [1.82, 2.24) is 15.5 Å². The van der Waals surface area contributed by atoms with Crippen LogP contribution in [0.1, 0.15) is 23.3 Å². The van der Waals surface area contributed by atoms with E-state index in [1.807, 2.05) is 17.5 Å². The minimum absolute atomic E-state index is 0.00141. The summed E-state index contributed by atoms with van der Waals surface area (Å²) >= 11 is 1.63. The lowest BCUT2D eigenvalue weighted by molar-refractivity contribution is -0.123. The fourth-order valence-corrected chi connectivity index (χ4v) is 4.53. The van der Waals surface area contributed by atoms with Crippen LogP contribution in [0.25, 0.3) is 0 Å². The Labute approximate surface area is 161 Å². The molecule has 2 N–H and O–H groups in total. The molecule has 7 heteroatoms. The second kappa shape index (κ2) is 7.31. The Morgan fingerprint density at radius 3 is 2.89 bits per heavy atom. The molecule has 1 aliphatic heterocycles. The van der Waals surface area contributed by atoms with Gasteiger partial charge in [-0.25, -0.2) is 9.18 Å². The highest BCUT2D eigenvalue weighted by Gasteiger charge is 2.61. The molecule has 2 heterocycles. The zero-order valence-corrected chi connectivity index (χ0v) is 15.7. The lowest BCUT2D eigenvalue weighted by Crippen LogP contribution is -2.38. The van der Waals surface area contributed by atoms with Crippen LogP contribution >= 0.6 is 11.3 Å². The van der Waals surface area contributed by atoms with Crippen LogP contribution in [0.3, 0.4) is 0 Å². The number of benzene rings is 1. The summed E-state index contributed by atoms with van der Waals surface area (Å²) in [6.45, 7) is 2.13. The van der Waals surface area contributed by atoms with Gasteiger partial charge in [-0.2, -0.15) is 0 Å². The maximum Gasteiger partial charge on any atom is 0.317 e. The second-order valence-corrected chi connectivity index (χ2v) is 8.41. The Kier molecular flexibility index (Phi) is 4.86. The molecule has 2 aliphatic rings. The molecule has 1 saturated heterocycles. The van der Waals surface area contributed by atoms with Gasteiger partial charge in [-0.1, -0.05) is 18.2 Å². The molecule has 1 spiro atoms. The Balaban J connectivity index is 1.25. The van der Waals surface area contributed by atoms with Crippen molar-refractivity contribution in [3.8, 4) is 0 Å². The van der Waals surface area contributed by atoms with Crippen LogP contribution < -0.4 is 10.6 Å². The average Bonchev–Trinajstić information content (AvgIpc) is 3.01. The van der Waals surface area contributed by atoms with Gasteiger partial charge in [0.05, 0.1) is 6.54 Å². The van der Waals surface area contributed by atoms with E-state index in [4.69, 9.17) is 0 Å². The first kappa shape index (κ1) is 18.0. The smallest absolute Gasteiger partial charge is 0.317 e. The standard InChI is InChI=1S/C20H22FN3O2S/c21-15-4-1-3-14(9-15)11-23-19(26)24-7-6-20(13-24)10-17(20)18(25)22-12-16-5-2-8-27-16/h1-5,8-9,17H,6-7,10-13H2,(H,22,25)(H,23,26)/t17-,20+/m1/s1. The van der Waals surface area contributed by atoms with E-state index in [0.29, 0.717) is 26.2 Å². The molecule has 4 rings (SSSR count). The van der Waals surface area contributed by atoms with Gasteiger partial charge in [0.25, 0.3) is 0 Å². The highest BCUT2D eigenvalue weighted by molar-refractivity contribution is 7.09. The number of amides is 3. The fraction of sp³-hybridized carbons (Fsp3) is 0.400. The average molecular weight is 387 g/mol. The topological polar surface area (TPSA) is 61.4 Å². The van der Waals surface area contributed by atoms with Gasteiger partial charge in [-0.15, -0.1) is 11.3 Å². The van der Waals surface area contributed by atoms with E-state index in [0.717, 1.165) is 23.3 Å². The van der Waals surface area contributed by atoms with Crippen molar-refractivity contribution in [2.45, 2.75) is 25.9 Å². The van der Waals surface area contributed by atoms with E-state index in [2.05, 4.69) is 10.6 Å². The molecule has 1 saturated carbocycles. The first-order chi connectivity index (χ1) is 13.1. The third kappa shape index (κ3) is 3.98. The summed E-state index contributed by atoms with van der Waals surface area (Å²) in [5.41, 5.74) is 0.671. The van der Waals surface area contributed by atoms with Gasteiger partial charge in [0.2, 0.25) is 5.91 Å². The maximum atomic E-state index is 13.2. The van der Waals surface area contributed by atoms with E-state index in [9.17, 15) is 14.0 Å². The molecule has 5 nitrogen and oxygen atoms in total. The molecule has 2 atom stereocenters. The zero-order chi connectivity index (χ0) is 18.9. The Hall–Kier alpha value is -2.41. The van der Waals surface area contributed by atoms with E-state index < -0.39 is 0 Å². The summed E-state index contributed by atoms with van der Waals surface area (Å²) in [7, 11) is 0. The lowest BCUT2D eigenvalue weighted by Gasteiger charge is -2.17. The summed E-state index contributed by atoms with van der Waals surface area (Å²) in [4.78, 5) is 27.7. The Bertz CT molecular complexity index is 842. The van der Waals surface area contributed by atoms with Crippen LogP contribution in [0.15, 0.2) is 41.8 Å². The fourth-order valence-electron chi connectivity index (χ4n) is 3.89. The van der Waals surface area contributed by atoms with E-state index in [1.165, 1.54) is 12.1 Å². The van der Waals surface area contributed by atoms with E-state index in [-0.39, 0.29) is 29.1 Å². The molecule has 142 valence electrons. The van der Waals surface area contributed by atoms with Crippen LogP contribution in [0, 0.1) is 17.2 Å². The van der Waals surface area contributed by atoms with Crippen molar-refractivity contribution in [3.05, 3.63) is 58.0 Å². The first-order valence-corrected chi connectivity index (χ1v) is 10.0. The molecule has 27 heavy (non-hydrogen) atoms. The minimum atomic E-state index is -0.309. The quantitative estimate of drug-likeness (QED) is 0.828. The predicted octanol–water partition coefficient (Wildman–Crippen LogP) is 3.13. The number of halogens is 1. The van der Waals surface area contributed by atoms with Crippen LogP contribution in [-0.2, 0) is 17.9 Å². The molecule has 1 aliphatic carbocycles. The van der Waals surface area contributed by atoms with Gasteiger partial charge in [0.1, 0.15) is 5.82 Å². The molecule has 2 fully saturated rings. The van der Waals surface area contributed by atoms with Gasteiger partial charge in [-0.05, 0) is 42.0 Å². The number of carbonyl (C=O) groups excluding carboxylic acids is 2. The second-order valence-electron chi connectivity index (χ2n) is 7.38. The van der Waals surface area contributed by atoms with Gasteiger partial charge in [-0.3, -0.25) is 4.79 Å². The number of rotatable bonds is 5. The van der Waals surface area contributed by atoms with Crippen LogP contribution in [0.2, 0.25) is 0 Å². The van der Waals surface area contributed by atoms with Crippen molar-refractivity contribution < 1.29 is 14.0 Å². The van der Waals surface area contributed by atoms with Crippen molar-refractivity contribution in [3.63, 3.8) is 0 Å². The number of urea groups is 1. The highest BCUT2D eigenvalue weighted by atomic mass is 32.1. The molecule has 2 aromatic rings. The van der Waals surface area contributed by atoms with Gasteiger partial charge in [0.15, 0.2) is 0 Å². The molecule has 0 radical (unpaired) electrons. The summed E-state index contributed by atoms with van der Waals surface area (Å²) in [5, 5.41) is 7.85. The molecule has 0 unspecified atom stereocenters. The predicted molar refractivity (Wildman–Crippen MR) is 102 cm³/mol. The summed E-state index contributed by atoms with van der Waals surface area (Å²) < 4.78 is 13.2. The lowest BCUT2D eigenvalue weighted by atomic mass is 10.0. The van der Waals surface area contributed by atoms with Crippen LogP contribution in [-0.4, -0.2) is 29.9 Å². The highest BCUT2D eigenvalue weighted by Crippen LogP contribution is 2.58. The molecule has 1 aromatic heterocycles. The molecule has 1 aromatic carbocycles. The SMILES string of the molecule is O=C(NCc1cccs1)[C@H]1C[C@]12CCN(C(=O)NCc1cccc(F)c1)C2. The van der Waals surface area contributed by atoms with Crippen LogP contribution in [0.4, 0.5) is 9.18 Å². The number of hydrogen-bond acceptors (Lipinski definition) is 3. The maximum absolute atomic E-state index is 13.2. The largest absolute Gasteiger partial charge is 0.351 e. The van der Waals surface area contributed by atoms with E-state index >= 15 is 0 Å². The molecular formula is C20H22FN3O2S. The van der Waals surface area contributed by atoms with Crippen molar-refractivity contribution in [2.75, 3.05) is 13.1 Å². The van der Waals surface area contributed by atoms with Crippen molar-refractivity contribution in [1.29, 1.82) is 0 Å². The van der Waals surface area contributed by atoms with Gasteiger partial charge >= 0.3 is 6.03 Å². The number of hydrogen-bond donors (Lipinski definition) is 2.